The molecule has 3 heteroatoms. The summed E-state index contributed by atoms with van der Waals surface area (Å²) < 4.78 is 5.31. The van der Waals surface area contributed by atoms with Crippen LogP contribution in [0.5, 0.6) is 5.75 Å². The van der Waals surface area contributed by atoms with Gasteiger partial charge in [0.25, 0.3) is 0 Å². The quantitative estimate of drug-likeness (QED) is 0.650. The van der Waals surface area contributed by atoms with Crippen LogP contribution in [0, 0.1) is 0 Å². The summed E-state index contributed by atoms with van der Waals surface area (Å²) in [6.45, 7) is 2.01. The van der Waals surface area contributed by atoms with Crippen molar-refractivity contribution in [2.75, 3.05) is 7.11 Å². The van der Waals surface area contributed by atoms with E-state index in [1.807, 2.05) is 49.4 Å². The van der Waals surface area contributed by atoms with Crippen LogP contribution in [0.2, 0.25) is 5.02 Å². The summed E-state index contributed by atoms with van der Waals surface area (Å²) >= 11 is 6.07. The van der Waals surface area contributed by atoms with E-state index in [-0.39, 0.29) is 0 Å². The van der Waals surface area contributed by atoms with Crippen molar-refractivity contribution in [3.05, 3.63) is 77.0 Å². The lowest BCUT2D eigenvalue weighted by atomic mass is 10.0. The Balaban J connectivity index is 2.10. The van der Waals surface area contributed by atoms with Crippen LogP contribution in [0.15, 0.2) is 60.7 Å². The topological polar surface area (TPSA) is 22.1 Å². The SMILES string of the molecule is C/C=C(/c1cccc(OC)c1)c1ccc2ccc(Cl)cc2n1. The lowest BCUT2D eigenvalue weighted by Gasteiger charge is -2.10. The number of methoxy groups -OCH3 is 1. The molecule has 0 amide bonds. The Hall–Kier alpha value is -2.32. The van der Waals surface area contributed by atoms with E-state index in [0.717, 1.165) is 33.5 Å². The van der Waals surface area contributed by atoms with Crippen molar-refractivity contribution < 1.29 is 4.74 Å². The molecule has 2 aromatic carbocycles. The summed E-state index contributed by atoms with van der Waals surface area (Å²) in [4.78, 5) is 4.75. The molecule has 3 aromatic rings. The number of fused-ring (bicyclic) bond motifs is 1. The standard InChI is InChI=1S/C19H16ClNO/c1-3-17(14-5-4-6-16(11-14)22-2)18-10-8-13-7-9-15(20)12-19(13)21-18/h3-12H,1-2H3/b17-3-. The van der Waals surface area contributed by atoms with Gasteiger partial charge >= 0.3 is 0 Å². The van der Waals surface area contributed by atoms with Crippen LogP contribution >= 0.6 is 11.6 Å². The van der Waals surface area contributed by atoms with Crippen molar-refractivity contribution in [2.24, 2.45) is 0 Å². The molecule has 22 heavy (non-hydrogen) atoms. The molecular weight excluding hydrogens is 294 g/mol. The Bertz CT molecular complexity index is 855. The molecule has 110 valence electrons. The van der Waals surface area contributed by atoms with E-state index in [9.17, 15) is 0 Å². The second-order valence-corrected chi connectivity index (χ2v) is 5.40. The van der Waals surface area contributed by atoms with Crippen LogP contribution < -0.4 is 4.74 Å². The van der Waals surface area contributed by atoms with Crippen molar-refractivity contribution in [1.29, 1.82) is 0 Å². The van der Waals surface area contributed by atoms with Crippen molar-refractivity contribution in [3.8, 4) is 5.75 Å². The molecule has 0 aliphatic carbocycles. The molecular formula is C19H16ClNO. The first kappa shape index (κ1) is 14.6. The maximum atomic E-state index is 6.07. The highest BCUT2D eigenvalue weighted by Gasteiger charge is 2.08. The maximum Gasteiger partial charge on any atom is 0.119 e. The van der Waals surface area contributed by atoms with E-state index >= 15 is 0 Å². The zero-order valence-electron chi connectivity index (χ0n) is 12.5. The Labute approximate surface area is 135 Å². The number of allylic oxidation sites excluding steroid dienone is 1. The number of rotatable bonds is 3. The maximum absolute atomic E-state index is 6.07. The van der Waals surface area contributed by atoms with Crippen LogP contribution in [0.4, 0.5) is 0 Å². The van der Waals surface area contributed by atoms with Gasteiger partial charge in [0.1, 0.15) is 5.75 Å². The third-order valence-corrected chi connectivity index (χ3v) is 3.83. The smallest absolute Gasteiger partial charge is 0.119 e. The highest BCUT2D eigenvalue weighted by atomic mass is 35.5. The van der Waals surface area contributed by atoms with E-state index in [0.29, 0.717) is 5.02 Å². The molecule has 0 unspecified atom stereocenters. The Morgan fingerprint density at radius 1 is 1.09 bits per heavy atom. The molecule has 0 bridgehead atoms. The minimum Gasteiger partial charge on any atom is -0.497 e. The van der Waals surface area contributed by atoms with E-state index in [2.05, 4.69) is 18.2 Å². The normalized spacial score (nSPS) is 11.7. The van der Waals surface area contributed by atoms with Crippen molar-refractivity contribution in [3.63, 3.8) is 0 Å². The second-order valence-electron chi connectivity index (χ2n) is 4.97. The van der Waals surface area contributed by atoms with Crippen LogP contribution in [0.3, 0.4) is 0 Å². The lowest BCUT2D eigenvalue weighted by Crippen LogP contribution is -1.93. The summed E-state index contributed by atoms with van der Waals surface area (Å²) in [5, 5.41) is 1.77. The molecule has 0 radical (unpaired) electrons. The minimum atomic E-state index is 0.695. The first-order valence-electron chi connectivity index (χ1n) is 7.08. The molecule has 0 N–H and O–H groups in total. The van der Waals surface area contributed by atoms with Crippen LogP contribution in [0.1, 0.15) is 18.2 Å². The van der Waals surface area contributed by atoms with Gasteiger partial charge in [0.05, 0.1) is 18.3 Å². The van der Waals surface area contributed by atoms with Crippen molar-refractivity contribution in [2.45, 2.75) is 6.92 Å². The number of benzene rings is 2. The molecule has 0 saturated heterocycles. The fourth-order valence-electron chi connectivity index (χ4n) is 2.49. The Kier molecular flexibility index (Phi) is 4.12. The van der Waals surface area contributed by atoms with Gasteiger partial charge in [0.2, 0.25) is 0 Å². The third-order valence-electron chi connectivity index (χ3n) is 3.60. The number of hydrogen-bond acceptors (Lipinski definition) is 2. The molecule has 0 aliphatic rings. The first-order valence-corrected chi connectivity index (χ1v) is 7.46. The minimum absolute atomic E-state index is 0.695. The number of hydrogen-bond donors (Lipinski definition) is 0. The van der Waals surface area contributed by atoms with E-state index in [1.54, 1.807) is 7.11 Å². The summed E-state index contributed by atoms with van der Waals surface area (Å²) in [5.74, 6) is 0.834. The van der Waals surface area contributed by atoms with Gasteiger partial charge in [-0.05, 0) is 42.8 Å². The number of nitrogens with zero attached hydrogens (tertiary/aromatic N) is 1. The summed E-state index contributed by atoms with van der Waals surface area (Å²) in [6.07, 6.45) is 2.06. The van der Waals surface area contributed by atoms with Gasteiger partial charge in [-0.15, -0.1) is 0 Å². The molecule has 0 saturated carbocycles. The molecule has 2 nitrogen and oxygen atoms in total. The van der Waals surface area contributed by atoms with Crippen LogP contribution in [-0.4, -0.2) is 12.1 Å². The van der Waals surface area contributed by atoms with E-state index in [1.165, 1.54) is 0 Å². The molecule has 0 spiro atoms. The average Bonchev–Trinajstić information content (AvgIpc) is 2.55. The van der Waals surface area contributed by atoms with Gasteiger partial charge in [0.15, 0.2) is 0 Å². The Morgan fingerprint density at radius 2 is 1.91 bits per heavy atom. The monoisotopic (exact) mass is 309 g/mol. The fourth-order valence-corrected chi connectivity index (χ4v) is 2.66. The first-order chi connectivity index (χ1) is 10.7. The number of pyridine rings is 1. The van der Waals surface area contributed by atoms with Gasteiger partial charge in [-0.2, -0.15) is 0 Å². The van der Waals surface area contributed by atoms with Gasteiger partial charge in [0, 0.05) is 16.0 Å². The van der Waals surface area contributed by atoms with E-state index in [4.69, 9.17) is 21.3 Å². The zero-order chi connectivity index (χ0) is 15.5. The molecule has 1 heterocycles. The number of halogens is 1. The van der Waals surface area contributed by atoms with Gasteiger partial charge < -0.3 is 4.74 Å². The summed E-state index contributed by atoms with van der Waals surface area (Å²) in [5.41, 5.74) is 3.97. The van der Waals surface area contributed by atoms with Gasteiger partial charge in [-0.25, -0.2) is 4.98 Å². The fraction of sp³-hybridized carbons (Fsp3) is 0.105. The lowest BCUT2D eigenvalue weighted by molar-refractivity contribution is 0.414. The van der Waals surface area contributed by atoms with Crippen molar-refractivity contribution in [1.82, 2.24) is 4.98 Å². The third kappa shape index (κ3) is 2.83. The predicted molar refractivity (Wildman–Crippen MR) is 92.5 cm³/mol. The summed E-state index contributed by atoms with van der Waals surface area (Å²) in [7, 11) is 1.67. The highest BCUT2D eigenvalue weighted by Crippen LogP contribution is 2.27. The Morgan fingerprint density at radius 3 is 2.68 bits per heavy atom. The van der Waals surface area contributed by atoms with Crippen molar-refractivity contribution >= 4 is 28.1 Å². The number of aromatic nitrogens is 1. The van der Waals surface area contributed by atoms with Crippen LogP contribution in [-0.2, 0) is 0 Å². The highest BCUT2D eigenvalue weighted by molar-refractivity contribution is 6.31. The largest absolute Gasteiger partial charge is 0.497 e. The summed E-state index contributed by atoms with van der Waals surface area (Å²) in [6, 6.07) is 17.8. The van der Waals surface area contributed by atoms with Gasteiger partial charge in [-0.1, -0.05) is 41.9 Å². The molecule has 0 atom stereocenters. The zero-order valence-corrected chi connectivity index (χ0v) is 13.3. The van der Waals surface area contributed by atoms with Crippen LogP contribution in [0.25, 0.3) is 16.5 Å². The predicted octanol–water partition coefficient (Wildman–Crippen LogP) is 5.35. The molecule has 0 fully saturated rings. The van der Waals surface area contributed by atoms with Gasteiger partial charge in [-0.3, -0.25) is 0 Å². The second kappa shape index (κ2) is 6.20. The molecule has 0 aliphatic heterocycles. The molecule has 1 aromatic heterocycles. The van der Waals surface area contributed by atoms with E-state index < -0.39 is 0 Å². The molecule has 3 rings (SSSR count). The number of ether oxygens (including phenoxy) is 1. The average molecular weight is 310 g/mol.